The number of nitrogens with zero attached hydrogens (tertiary/aromatic N) is 2. The average Bonchev–Trinajstić information content (AvgIpc) is 2.73. The largest absolute Gasteiger partial charge is 0.341 e. The third-order valence-corrected chi connectivity index (χ3v) is 4.25. The molecule has 4 nitrogen and oxygen atoms in total. The van der Waals surface area contributed by atoms with E-state index in [1.165, 1.54) is 5.56 Å². The summed E-state index contributed by atoms with van der Waals surface area (Å²) in [5.41, 5.74) is 6.85. The number of carbonyl (C=O) groups is 1. The maximum absolute atomic E-state index is 12.2. The van der Waals surface area contributed by atoms with Crippen molar-refractivity contribution >= 4 is 17.5 Å². The molecule has 2 N–H and O–H groups in total. The van der Waals surface area contributed by atoms with Crippen molar-refractivity contribution in [3.05, 3.63) is 34.9 Å². The normalized spacial score (nSPS) is 18.3. The molecule has 1 aliphatic rings. The van der Waals surface area contributed by atoms with Crippen LogP contribution in [0, 0.1) is 5.92 Å². The van der Waals surface area contributed by atoms with Gasteiger partial charge in [-0.2, -0.15) is 0 Å². The number of rotatable bonds is 4. The first-order valence-electron chi connectivity index (χ1n) is 7.56. The highest BCUT2D eigenvalue weighted by Gasteiger charge is 2.22. The second kappa shape index (κ2) is 7.78. The summed E-state index contributed by atoms with van der Waals surface area (Å²) in [5.74, 6) is 0.110. The van der Waals surface area contributed by atoms with Crippen LogP contribution in [0.5, 0.6) is 0 Å². The molecule has 1 unspecified atom stereocenters. The Bertz CT molecular complexity index is 463. The summed E-state index contributed by atoms with van der Waals surface area (Å²) in [7, 11) is 0. The van der Waals surface area contributed by atoms with E-state index in [2.05, 4.69) is 17.0 Å². The molecular formula is C16H24ClN3O. The molecule has 5 heteroatoms. The van der Waals surface area contributed by atoms with Gasteiger partial charge in [-0.25, -0.2) is 0 Å². The van der Waals surface area contributed by atoms with Gasteiger partial charge in [0.05, 0.1) is 0 Å². The Labute approximate surface area is 131 Å². The number of amides is 1. The van der Waals surface area contributed by atoms with Crippen LogP contribution >= 0.6 is 11.6 Å². The van der Waals surface area contributed by atoms with E-state index in [-0.39, 0.29) is 11.8 Å². The first kappa shape index (κ1) is 16.3. The summed E-state index contributed by atoms with van der Waals surface area (Å²) in [4.78, 5) is 16.5. The monoisotopic (exact) mass is 309 g/mol. The van der Waals surface area contributed by atoms with Crippen molar-refractivity contribution in [2.75, 3.05) is 32.7 Å². The number of nitrogens with two attached hydrogens (primary N) is 1. The maximum atomic E-state index is 12.2. The standard InChI is InChI=1S/C16H24ClN3O/c1-13(11-18)16(21)20-8-2-7-19(9-10-20)12-14-3-5-15(17)6-4-14/h3-6,13H,2,7-12,18H2,1H3. The Morgan fingerprint density at radius 2 is 1.95 bits per heavy atom. The van der Waals surface area contributed by atoms with Gasteiger partial charge in [0.25, 0.3) is 0 Å². The molecule has 1 aliphatic heterocycles. The summed E-state index contributed by atoms with van der Waals surface area (Å²) in [6.07, 6.45) is 1.01. The molecule has 21 heavy (non-hydrogen) atoms. The molecule has 1 aromatic carbocycles. The van der Waals surface area contributed by atoms with Gasteiger partial charge in [-0.1, -0.05) is 30.7 Å². The highest BCUT2D eigenvalue weighted by Crippen LogP contribution is 2.14. The molecule has 1 saturated heterocycles. The predicted octanol–water partition coefficient (Wildman–Crippen LogP) is 1.97. The van der Waals surface area contributed by atoms with Crippen molar-refractivity contribution < 1.29 is 4.79 Å². The minimum absolute atomic E-state index is 0.0761. The summed E-state index contributed by atoms with van der Waals surface area (Å²) >= 11 is 5.91. The lowest BCUT2D eigenvalue weighted by Gasteiger charge is -2.24. The summed E-state index contributed by atoms with van der Waals surface area (Å²) in [5, 5.41) is 0.766. The fourth-order valence-electron chi connectivity index (χ4n) is 2.61. The topological polar surface area (TPSA) is 49.6 Å². The first-order valence-corrected chi connectivity index (χ1v) is 7.93. The van der Waals surface area contributed by atoms with E-state index in [4.69, 9.17) is 17.3 Å². The Hall–Kier alpha value is -1.10. The highest BCUT2D eigenvalue weighted by molar-refractivity contribution is 6.30. The zero-order chi connectivity index (χ0) is 15.2. The van der Waals surface area contributed by atoms with E-state index in [1.54, 1.807) is 0 Å². The number of carbonyl (C=O) groups excluding carboxylic acids is 1. The molecule has 1 amide bonds. The van der Waals surface area contributed by atoms with Gasteiger partial charge in [-0.15, -0.1) is 0 Å². The van der Waals surface area contributed by atoms with Gasteiger partial charge in [0.15, 0.2) is 0 Å². The van der Waals surface area contributed by atoms with Gasteiger partial charge < -0.3 is 10.6 Å². The van der Waals surface area contributed by atoms with Crippen LogP contribution in [0.25, 0.3) is 0 Å². The second-order valence-electron chi connectivity index (χ2n) is 5.72. The van der Waals surface area contributed by atoms with E-state index < -0.39 is 0 Å². The molecule has 1 atom stereocenters. The van der Waals surface area contributed by atoms with Crippen molar-refractivity contribution in [3.63, 3.8) is 0 Å². The van der Waals surface area contributed by atoms with E-state index in [0.29, 0.717) is 6.54 Å². The van der Waals surface area contributed by atoms with Gasteiger partial charge in [-0.05, 0) is 24.1 Å². The van der Waals surface area contributed by atoms with Crippen molar-refractivity contribution in [2.45, 2.75) is 19.9 Å². The van der Waals surface area contributed by atoms with Crippen molar-refractivity contribution in [2.24, 2.45) is 11.7 Å². The third kappa shape index (κ3) is 4.70. The first-order chi connectivity index (χ1) is 10.1. The van der Waals surface area contributed by atoms with Gasteiger partial charge in [0, 0.05) is 50.2 Å². The molecule has 0 bridgehead atoms. The molecule has 116 valence electrons. The van der Waals surface area contributed by atoms with Crippen LogP contribution in [0.2, 0.25) is 5.02 Å². The van der Waals surface area contributed by atoms with E-state index >= 15 is 0 Å². The molecule has 0 aromatic heterocycles. The van der Waals surface area contributed by atoms with Gasteiger partial charge in [-0.3, -0.25) is 9.69 Å². The molecule has 0 radical (unpaired) electrons. The van der Waals surface area contributed by atoms with E-state index in [0.717, 1.165) is 44.2 Å². The Morgan fingerprint density at radius 3 is 2.62 bits per heavy atom. The zero-order valence-corrected chi connectivity index (χ0v) is 13.4. The Balaban J connectivity index is 1.88. The van der Waals surface area contributed by atoms with Gasteiger partial charge >= 0.3 is 0 Å². The Morgan fingerprint density at radius 1 is 1.24 bits per heavy atom. The lowest BCUT2D eigenvalue weighted by molar-refractivity contribution is -0.134. The quantitative estimate of drug-likeness (QED) is 0.925. The van der Waals surface area contributed by atoms with E-state index in [1.807, 2.05) is 24.0 Å². The Kier molecular flexibility index (Phi) is 6.03. The molecule has 1 fully saturated rings. The molecular weight excluding hydrogens is 286 g/mol. The lowest BCUT2D eigenvalue weighted by atomic mass is 10.1. The SMILES string of the molecule is CC(CN)C(=O)N1CCCN(Cc2ccc(Cl)cc2)CC1. The molecule has 2 rings (SSSR count). The number of benzene rings is 1. The summed E-state index contributed by atoms with van der Waals surface area (Å²) in [6.45, 7) is 6.78. The van der Waals surface area contributed by atoms with Gasteiger partial charge in [0.2, 0.25) is 5.91 Å². The number of halogens is 1. The van der Waals surface area contributed by atoms with Crippen molar-refractivity contribution in [1.29, 1.82) is 0 Å². The van der Waals surface area contributed by atoms with Crippen LogP contribution in [-0.4, -0.2) is 48.4 Å². The van der Waals surface area contributed by atoms with E-state index in [9.17, 15) is 4.79 Å². The predicted molar refractivity (Wildman–Crippen MR) is 86.1 cm³/mol. The van der Waals surface area contributed by atoms with Crippen LogP contribution in [0.15, 0.2) is 24.3 Å². The van der Waals surface area contributed by atoms with Crippen LogP contribution in [0.1, 0.15) is 18.9 Å². The van der Waals surface area contributed by atoms with Crippen LogP contribution in [0.4, 0.5) is 0 Å². The molecule has 0 saturated carbocycles. The van der Waals surface area contributed by atoms with Gasteiger partial charge in [0.1, 0.15) is 0 Å². The van der Waals surface area contributed by atoms with Crippen molar-refractivity contribution in [1.82, 2.24) is 9.80 Å². The minimum Gasteiger partial charge on any atom is -0.341 e. The summed E-state index contributed by atoms with van der Waals surface area (Å²) in [6, 6.07) is 7.97. The molecule has 1 heterocycles. The third-order valence-electron chi connectivity index (χ3n) is 3.99. The van der Waals surface area contributed by atoms with Crippen LogP contribution in [-0.2, 0) is 11.3 Å². The average molecular weight is 310 g/mol. The lowest BCUT2D eigenvalue weighted by Crippen LogP contribution is -2.40. The smallest absolute Gasteiger partial charge is 0.226 e. The second-order valence-corrected chi connectivity index (χ2v) is 6.15. The number of hydrogen-bond acceptors (Lipinski definition) is 3. The van der Waals surface area contributed by atoms with Crippen molar-refractivity contribution in [3.8, 4) is 0 Å². The summed E-state index contributed by atoms with van der Waals surface area (Å²) < 4.78 is 0. The zero-order valence-electron chi connectivity index (χ0n) is 12.6. The maximum Gasteiger partial charge on any atom is 0.226 e. The fraction of sp³-hybridized carbons (Fsp3) is 0.562. The molecule has 0 spiro atoms. The molecule has 1 aromatic rings. The fourth-order valence-corrected chi connectivity index (χ4v) is 2.74. The van der Waals surface area contributed by atoms with Crippen LogP contribution < -0.4 is 5.73 Å². The highest BCUT2D eigenvalue weighted by atomic mass is 35.5. The van der Waals surface area contributed by atoms with Crippen LogP contribution in [0.3, 0.4) is 0 Å². The number of hydrogen-bond donors (Lipinski definition) is 1. The minimum atomic E-state index is -0.0761. The molecule has 0 aliphatic carbocycles.